The van der Waals surface area contributed by atoms with Crippen LogP contribution in [0.2, 0.25) is 0 Å². The summed E-state index contributed by atoms with van der Waals surface area (Å²) in [5, 5.41) is 0. The molecule has 103 valence electrons. The first-order valence-electron chi connectivity index (χ1n) is 6.37. The molecule has 0 aromatic heterocycles. The summed E-state index contributed by atoms with van der Waals surface area (Å²) in [4.78, 5) is 11.4. The maximum atomic E-state index is 11.4. The van der Waals surface area contributed by atoms with Crippen LogP contribution in [0, 0.1) is 5.41 Å². The van der Waals surface area contributed by atoms with Crippen molar-refractivity contribution in [2.75, 3.05) is 7.11 Å². The lowest BCUT2D eigenvalue weighted by Crippen LogP contribution is -2.42. The number of hydrogen-bond acceptors (Lipinski definition) is 3. The molecule has 0 spiro atoms. The minimum Gasteiger partial charge on any atom is -0.465 e. The van der Waals surface area contributed by atoms with E-state index in [0.29, 0.717) is 5.56 Å². The number of esters is 1. The first kappa shape index (κ1) is 15.8. The fourth-order valence-corrected chi connectivity index (χ4v) is 1.25. The molecular formula is C15H22BO3. The van der Waals surface area contributed by atoms with Gasteiger partial charge in [-0.25, -0.2) is 4.79 Å². The predicted molar refractivity (Wildman–Crippen MR) is 77.8 cm³/mol. The molecule has 0 atom stereocenters. The van der Waals surface area contributed by atoms with Gasteiger partial charge in [-0.15, -0.1) is 0 Å². The number of benzene rings is 1. The Morgan fingerprint density at radius 3 is 2.32 bits per heavy atom. The highest BCUT2D eigenvalue weighted by Crippen LogP contribution is 2.32. The molecule has 0 bridgehead atoms. The summed E-state index contributed by atoms with van der Waals surface area (Å²) in [5.41, 5.74) is 1.09. The van der Waals surface area contributed by atoms with E-state index in [2.05, 4.69) is 20.8 Å². The molecule has 1 aromatic rings. The van der Waals surface area contributed by atoms with Crippen LogP contribution in [0.25, 0.3) is 0 Å². The Labute approximate surface area is 116 Å². The second-order valence-electron chi connectivity index (χ2n) is 6.11. The molecule has 1 rings (SSSR count). The molecule has 0 saturated carbocycles. The molecule has 0 aliphatic carbocycles. The zero-order valence-corrected chi connectivity index (χ0v) is 12.6. The second kappa shape index (κ2) is 5.78. The number of methoxy groups -OCH3 is 1. The van der Waals surface area contributed by atoms with E-state index >= 15 is 0 Å². The Morgan fingerprint density at radius 1 is 1.16 bits per heavy atom. The Balaban J connectivity index is 2.76. The van der Waals surface area contributed by atoms with Gasteiger partial charge in [-0.1, -0.05) is 44.4 Å². The fourth-order valence-electron chi connectivity index (χ4n) is 1.25. The quantitative estimate of drug-likeness (QED) is 0.617. The van der Waals surface area contributed by atoms with E-state index in [1.54, 1.807) is 19.6 Å². The van der Waals surface area contributed by atoms with Crippen molar-refractivity contribution in [1.29, 1.82) is 0 Å². The van der Waals surface area contributed by atoms with Gasteiger partial charge in [-0.05, 0) is 25.3 Å². The third kappa shape index (κ3) is 4.10. The lowest BCUT2D eigenvalue weighted by Gasteiger charge is -2.39. The Hall–Kier alpha value is -1.29. The molecule has 0 amide bonds. The molecule has 0 aliphatic rings. The van der Waals surface area contributed by atoms with Crippen molar-refractivity contribution in [3.63, 3.8) is 0 Å². The van der Waals surface area contributed by atoms with Gasteiger partial charge in [0, 0.05) is 0 Å². The normalized spacial score (nSPS) is 12.1. The van der Waals surface area contributed by atoms with Crippen LogP contribution >= 0.6 is 0 Å². The van der Waals surface area contributed by atoms with E-state index in [1.165, 1.54) is 7.11 Å². The smallest absolute Gasteiger partial charge is 0.337 e. The van der Waals surface area contributed by atoms with Crippen molar-refractivity contribution in [2.24, 2.45) is 5.41 Å². The van der Waals surface area contributed by atoms with Crippen LogP contribution in [0.3, 0.4) is 0 Å². The molecule has 0 fully saturated rings. The van der Waals surface area contributed by atoms with Gasteiger partial charge in [-0.3, -0.25) is 0 Å². The standard InChI is InChI=1S/C15H22BO3/c1-14(2,3)15(4,5)19-16-12-9-7-8-11(10-12)13(17)18-6/h7-10H,1-6H3. The van der Waals surface area contributed by atoms with E-state index in [-0.39, 0.29) is 17.0 Å². The summed E-state index contributed by atoms with van der Waals surface area (Å²) in [6.45, 7) is 10.5. The highest BCUT2D eigenvalue weighted by molar-refractivity contribution is 6.47. The van der Waals surface area contributed by atoms with Gasteiger partial charge in [0.25, 0.3) is 0 Å². The van der Waals surface area contributed by atoms with E-state index in [0.717, 1.165) is 5.46 Å². The molecule has 0 heterocycles. The van der Waals surface area contributed by atoms with E-state index in [4.69, 9.17) is 9.39 Å². The zero-order valence-electron chi connectivity index (χ0n) is 12.6. The number of carbonyl (C=O) groups is 1. The zero-order chi connectivity index (χ0) is 14.7. The Kier molecular flexibility index (Phi) is 4.80. The molecule has 0 N–H and O–H groups in total. The first-order valence-corrected chi connectivity index (χ1v) is 6.37. The summed E-state index contributed by atoms with van der Waals surface area (Å²) in [6.07, 6.45) is 0. The SMILES string of the molecule is COC(=O)c1cccc([B]OC(C)(C)C(C)(C)C)c1. The number of carbonyl (C=O) groups excluding carboxylic acids is 1. The second-order valence-corrected chi connectivity index (χ2v) is 6.11. The van der Waals surface area contributed by atoms with Gasteiger partial charge in [-0.2, -0.15) is 0 Å². The van der Waals surface area contributed by atoms with Crippen molar-refractivity contribution in [2.45, 2.75) is 40.2 Å². The van der Waals surface area contributed by atoms with Crippen molar-refractivity contribution in [3.8, 4) is 0 Å². The Bertz CT molecular complexity index is 447. The van der Waals surface area contributed by atoms with Gasteiger partial charge in [0.1, 0.15) is 0 Å². The number of ether oxygens (including phenoxy) is 1. The first-order chi connectivity index (χ1) is 8.67. The third-order valence-electron chi connectivity index (χ3n) is 3.60. The molecule has 4 heteroatoms. The summed E-state index contributed by atoms with van der Waals surface area (Å²) in [6, 6.07) is 7.18. The minimum atomic E-state index is -0.342. The van der Waals surface area contributed by atoms with Crippen LogP contribution < -0.4 is 5.46 Å². The van der Waals surface area contributed by atoms with E-state index < -0.39 is 0 Å². The molecular weight excluding hydrogens is 239 g/mol. The lowest BCUT2D eigenvalue weighted by atomic mass is 9.76. The van der Waals surface area contributed by atoms with Gasteiger partial charge < -0.3 is 9.39 Å². The predicted octanol–water partition coefficient (Wildman–Crippen LogP) is 2.56. The maximum absolute atomic E-state index is 11.4. The van der Waals surface area contributed by atoms with E-state index in [9.17, 15) is 4.79 Å². The maximum Gasteiger partial charge on any atom is 0.337 e. The van der Waals surface area contributed by atoms with E-state index in [1.807, 2.05) is 26.0 Å². The molecule has 1 radical (unpaired) electrons. The topological polar surface area (TPSA) is 35.5 Å². The van der Waals surface area contributed by atoms with Crippen LogP contribution in [0.1, 0.15) is 45.0 Å². The van der Waals surface area contributed by atoms with Crippen LogP contribution in [0.4, 0.5) is 0 Å². The van der Waals surface area contributed by atoms with Crippen LogP contribution in [-0.2, 0) is 9.39 Å². The summed E-state index contributed by atoms with van der Waals surface area (Å²) in [7, 11) is 3.07. The average molecular weight is 261 g/mol. The molecule has 1 aromatic carbocycles. The van der Waals surface area contributed by atoms with Crippen molar-refractivity contribution >= 4 is 18.9 Å². The fraction of sp³-hybridized carbons (Fsp3) is 0.533. The van der Waals surface area contributed by atoms with Crippen molar-refractivity contribution < 1.29 is 14.2 Å². The Morgan fingerprint density at radius 2 is 1.79 bits per heavy atom. The third-order valence-corrected chi connectivity index (χ3v) is 3.60. The summed E-state index contributed by atoms with van der Waals surface area (Å²) < 4.78 is 10.6. The largest absolute Gasteiger partial charge is 0.465 e. The number of rotatable bonds is 4. The molecule has 19 heavy (non-hydrogen) atoms. The molecule has 0 saturated heterocycles. The van der Waals surface area contributed by atoms with Gasteiger partial charge >= 0.3 is 13.5 Å². The van der Waals surface area contributed by atoms with Crippen LogP contribution in [0.5, 0.6) is 0 Å². The lowest BCUT2D eigenvalue weighted by molar-refractivity contribution is 0.00504. The highest BCUT2D eigenvalue weighted by atomic mass is 16.5. The van der Waals surface area contributed by atoms with Crippen molar-refractivity contribution in [1.82, 2.24) is 0 Å². The number of hydrogen-bond donors (Lipinski definition) is 0. The van der Waals surface area contributed by atoms with Crippen LogP contribution in [-0.4, -0.2) is 26.2 Å². The monoisotopic (exact) mass is 261 g/mol. The minimum absolute atomic E-state index is 0.0173. The van der Waals surface area contributed by atoms with Gasteiger partial charge in [0.15, 0.2) is 0 Å². The van der Waals surface area contributed by atoms with Crippen molar-refractivity contribution in [3.05, 3.63) is 29.8 Å². The summed E-state index contributed by atoms with van der Waals surface area (Å²) >= 11 is 0. The highest BCUT2D eigenvalue weighted by Gasteiger charge is 2.33. The van der Waals surface area contributed by atoms with Crippen LogP contribution in [0.15, 0.2) is 24.3 Å². The summed E-state index contributed by atoms with van der Waals surface area (Å²) in [5.74, 6) is -0.342. The molecule has 0 aliphatic heterocycles. The van der Waals surface area contributed by atoms with Gasteiger partial charge in [0.2, 0.25) is 0 Å². The average Bonchev–Trinajstić information content (AvgIpc) is 2.34. The molecule has 3 nitrogen and oxygen atoms in total. The molecule has 0 unspecified atom stereocenters. The van der Waals surface area contributed by atoms with Gasteiger partial charge in [0.05, 0.1) is 18.3 Å².